The Morgan fingerprint density at radius 2 is 1.92 bits per heavy atom. The topological polar surface area (TPSA) is 108 Å². The maximum absolute atomic E-state index is 10.6. The lowest BCUT2D eigenvalue weighted by atomic mass is 10.5. The van der Waals surface area contributed by atoms with Crippen LogP contribution in [0.2, 0.25) is 0 Å². The molecule has 13 heavy (non-hydrogen) atoms. The van der Waals surface area contributed by atoms with Crippen LogP contribution in [-0.2, 0) is 24.2 Å². The number of carbonyl (C=O) groups excluding carboxylic acids is 3. The van der Waals surface area contributed by atoms with Gasteiger partial charge in [0.15, 0.2) is 0 Å². The highest BCUT2D eigenvalue weighted by atomic mass is 17.2. The number of nitrogens with one attached hydrogen (secondary N) is 1. The van der Waals surface area contributed by atoms with E-state index in [1.807, 2.05) is 0 Å². The van der Waals surface area contributed by atoms with Gasteiger partial charge in [0.1, 0.15) is 6.54 Å². The summed E-state index contributed by atoms with van der Waals surface area (Å²) < 4.78 is 0. The van der Waals surface area contributed by atoms with Crippen molar-refractivity contribution in [2.24, 2.45) is 5.73 Å². The Bertz CT molecular complexity index is 215. The normalized spacial score (nSPS) is 8.77. The van der Waals surface area contributed by atoms with E-state index in [1.165, 1.54) is 0 Å². The maximum atomic E-state index is 10.6. The van der Waals surface area contributed by atoms with Crippen LogP contribution in [0.4, 0.5) is 0 Å². The summed E-state index contributed by atoms with van der Waals surface area (Å²) in [6, 6.07) is 0. The lowest BCUT2D eigenvalue weighted by Crippen LogP contribution is -2.35. The van der Waals surface area contributed by atoms with Gasteiger partial charge in [-0.2, -0.15) is 0 Å². The maximum Gasteiger partial charge on any atom is 0.374 e. The molecule has 0 aliphatic rings. The molecule has 0 unspecified atom stereocenters. The van der Waals surface area contributed by atoms with Crippen molar-refractivity contribution in [1.82, 2.24) is 5.32 Å². The van der Waals surface area contributed by atoms with E-state index in [-0.39, 0.29) is 13.1 Å². The molecule has 0 radical (unpaired) electrons. The van der Waals surface area contributed by atoms with Gasteiger partial charge >= 0.3 is 11.9 Å². The second kappa shape index (κ2) is 5.95. The third-order valence-corrected chi connectivity index (χ3v) is 0.867. The summed E-state index contributed by atoms with van der Waals surface area (Å²) in [5, 5.41) is 2.13. The van der Waals surface area contributed by atoms with Gasteiger partial charge in [0.2, 0.25) is 5.91 Å². The van der Waals surface area contributed by atoms with E-state index in [9.17, 15) is 14.4 Å². The molecule has 0 atom stereocenters. The third-order valence-electron chi connectivity index (χ3n) is 0.867. The molecular weight excluding hydrogens is 180 g/mol. The number of amides is 1. The lowest BCUT2D eigenvalue weighted by molar-refractivity contribution is -0.256. The van der Waals surface area contributed by atoms with Gasteiger partial charge in [-0.3, -0.25) is 4.79 Å². The molecule has 0 aromatic heterocycles. The van der Waals surface area contributed by atoms with Crippen LogP contribution in [0.3, 0.4) is 0 Å². The Balaban J connectivity index is 3.52. The van der Waals surface area contributed by atoms with Gasteiger partial charge in [-0.15, -0.1) is 0 Å². The molecule has 0 saturated heterocycles. The second-order valence-corrected chi connectivity index (χ2v) is 2.01. The molecule has 7 nitrogen and oxygen atoms in total. The van der Waals surface area contributed by atoms with Crippen LogP contribution in [0.15, 0.2) is 0 Å². The number of rotatable bonds is 3. The lowest BCUT2D eigenvalue weighted by Gasteiger charge is -2.01. The molecule has 74 valence electrons. The highest BCUT2D eigenvalue weighted by molar-refractivity contribution is 5.83. The molecule has 0 fully saturated rings. The summed E-state index contributed by atoms with van der Waals surface area (Å²) in [6.07, 6.45) is 0. The smallest absolute Gasteiger partial charge is 0.344 e. The number of hydrogen-bond acceptors (Lipinski definition) is 6. The first kappa shape index (κ1) is 11.4. The fraction of sp³-hybridized carbons (Fsp3) is 0.500. The van der Waals surface area contributed by atoms with Gasteiger partial charge in [-0.25, -0.2) is 19.4 Å². The molecule has 0 aliphatic carbocycles. The quantitative estimate of drug-likeness (QED) is 0.397. The fourth-order valence-electron chi connectivity index (χ4n) is 0.378. The standard InChI is InChI=1S/C6H10N2O5/c1-4(9)12-13-6(11)3-8-5(10)2-7/h2-3,7H2,1H3,(H,8,10). The highest BCUT2D eigenvalue weighted by Crippen LogP contribution is 1.80. The average molecular weight is 190 g/mol. The zero-order valence-electron chi connectivity index (χ0n) is 7.03. The highest BCUT2D eigenvalue weighted by Gasteiger charge is 2.07. The van der Waals surface area contributed by atoms with E-state index < -0.39 is 17.8 Å². The molecule has 0 spiro atoms. The Hall–Kier alpha value is -1.63. The van der Waals surface area contributed by atoms with E-state index in [2.05, 4.69) is 15.1 Å². The Kier molecular flexibility index (Phi) is 5.20. The zero-order chi connectivity index (χ0) is 10.3. The van der Waals surface area contributed by atoms with E-state index in [1.54, 1.807) is 0 Å². The second-order valence-electron chi connectivity index (χ2n) is 2.01. The zero-order valence-corrected chi connectivity index (χ0v) is 7.03. The van der Waals surface area contributed by atoms with Crippen LogP contribution >= 0.6 is 0 Å². The van der Waals surface area contributed by atoms with E-state index in [0.29, 0.717) is 0 Å². The van der Waals surface area contributed by atoms with Gasteiger partial charge in [0.05, 0.1) is 6.54 Å². The van der Waals surface area contributed by atoms with Gasteiger partial charge in [-0.1, -0.05) is 0 Å². The fourth-order valence-corrected chi connectivity index (χ4v) is 0.378. The SMILES string of the molecule is CC(=O)OOC(=O)CNC(=O)CN. The first-order chi connectivity index (χ1) is 6.06. The molecule has 0 saturated carbocycles. The number of nitrogens with two attached hydrogens (primary N) is 1. The monoisotopic (exact) mass is 190 g/mol. The Labute approximate surface area is 74.1 Å². The number of hydrogen-bond donors (Lipinski definition) is 2. The van der Waals surface area contributed by atoms with Gasteiger partial charge in [0.25, 0.3) is 0 Å². The summed E-state index contributed by atoms with van der Waals surface area (Å²) in [5.41, 5.74) is 4.93. The van der Waals surface area contributed by atoms with Crippen LogP contribution in [0.25, 0.3) is 0 Å². The molecule has 3 N–H and O–H groups in total. The minimum Gasteiger partial charge on any atom is -0.344 e. The van der Waals surface area contributed by atoms with E-state index in [4.69, 9.17) is 5.73 Å². The minimum atomic E-state index is -0.878. The van der Waals surface area contributed by atoms with Crippen molar-refractivity contribution in [3.05, 3.63) is 0 Å². The van der Waals surface area contributed by atoms with Crippen LogP contribution in [0.1, 0.15) is 6.92 Å². The third kappa shape index (κ3) is 6.76. The first-order valence-corrected chi connectivity index (χ1v) is 3.41. The van der Waals surface area contributed by atoms with Crippen molar-refractivity contribution in [3.8, 4) is 0 Å². The van der Waals surface area contributed by atoms with E-state index in [0.717, 1.165) is 6.92 Å². The molecule has 0 aromatic rings. The molecular formula is C6H10N2O5. The van der Waals surface area contributed by atoms with Crippen molar-refractivity contribution in [2.45, 2.75) is 6.92 Å². The Morgan fingerprint density at radius 1 is 1.31 bits per heavy atom. The van der Waals surface area contributed by atoms with Gasteiger partial charge in [0, 0.05) is 6.92 Å². The summed E-state index contributed by atoms with van der Waals surface area (Å²) in [4.78, 5) is 39.1. The molecule has 0 bridgehead atoms. The van der Waals surface area contributed by atoms with E-state index >= 15 is 0 Å². The Morgan fingerprint density at radius 3 is 2.38 bits per heavy atom. The molecule has 0 heterocycles. The van der Waals surface area contributed by atoms with Crippen LogP contribution in [-0.4, -0.2) is 30.9 Å². The molecule has 0 aliphatic heterocycles. The van der Waals surface area contributed by atoms with Crippen molar-refractivity contribution in [3.63, 3.8) is 0 Å². The molecule has 0 aromatic carbocycles. The van der Waals surface area contributed by atoms with Gasteiger partial charge in [-0.05, 0) is 0 Å². The van der Waals surface area contributed by atoms with Crippen molar-refractivity contribution in [2.75, 3.05) is 13.1 Å². The number of carbonyl (C=O) groups is 3. The van der Waals surface area contributed by atoms with Crippen molar-refractivity contribution < 1.29 is 24.2 Å². The first-order valence-electron chi connectivity index (χ1n) is 3.41. The van der Waals surface area contributed by atoms with Crippen LogP contribution in [0, 0.1) is 0 Å². The predicted octanol–water partition coefficient (Wildman–Crippen LogP) is -1.92. The van der Waals surface area contributed by atoms with Crippen LogP contribution < -0.4 is 11.1 Å². The van der Waals surface area contributed by atoms with Crippen molar-refractivity contribution >= 4 is 17.8 Å². The predicted molar refractivity (Wildman–Crippen MR) is 39.9 cm³/mol. The summed E-state index contributed by atoms with van der Waals surface area (Å²) in [6.45, 7) is 0.468. The summed E-state index contributed by atoms with van der Waals surface area (Å²) in [7, 11) is 0. The average Bonchev–Trinajstić information content (AvgIpc) is 2.10. The van der Waals surface area contributed by atoms with Crippen LogP contribution in [0.5, 0.6) is 0 Å². The molecule has 7 heteroatoms. The minimum absolute atomic E-state index is 0.221. The molecule has 1 amide bonds. The molecule has 0 rings (SSSR count). The largest absolute Gasteiger partial charge is 0.374 e. The van der Waals surface area contributed by atoms with Gasteiger partial charge < -0.3 is 11.1 Å². The van der Waals surface area contributed by atoms with Crippen molar-refractivity contribution in [1.29, 1.82) is 0 Å². The summed E-state index contributed by atoms with van der Waals surface area (Å²) in [5.74, 6) is -2.13. The summed E-state index contributed by atoms with van der Waals surface area (Å²) >= 11 is 0.